The summed E-state index contributed by atoms with van der Waals surface area (Å²) < 4.78 is 5.23. The van der Waals surface area contributed by atoms with Gasteiger partial charge in [-0.25, -0.2) is 0 Å². The van der Waals surface area contributed by atoms with Crippen LogP contribution >= 0.6 is 11.3 Å². The summed E-state index contributed by atoms with van der Waals surface area (Å²) in [5.41, 5.74) is 0.382. The van der Waals surface area contributed by atoms with Crippen LogP contribution in [0, 0.1) is 0 Å². The number of rotatable bonds is 3. The van der Waals surface area contributed by atoms with E-state index in [0.717, 1.165) is 18.5 Å². The van der Waals surface area contributed by atoms with Gasteiger partial charge < -0.3 is 9.63 Å². The Bertz CT molecular complexity index is 521. The minimum atomic E-state index is -0.583. The standard InChI is InChI=1S/C12H15N3O2S/c1-12(16)3-4-15(8-12)6-10-13-11(17-14-10)9-2-5-18-7-9/h2,5,7,16H,3-4,6,8H2,1H3. The third-order valence-electron chi connectivity index (χ3n) is 3.13. The first-order chi connectivity index (χ1) is 8.62. The first-order valence-electron chi connectivity index (χ1n) is 5.92. The monoisotopic (exact) mass is 265 g/mol. The molecule has 5 nitrogen and oxygen atoms in total. The van der Waals surface area contributed by atoms with Gasteiger partial charge in [0.15, 0.2) is 5.82 Å². The quantitative estimate of drug-likeness (QED) is 0.916. The van der Waals surface area contributed by atoms with Gasteiger partial charge in [0, 0.05) is 18.5 Å². The highest BCUT2D eigenvalue weighted by Gasteiger charge is 2.31. The Hall–Kier alpha value is -1.24. The number of hydrogen-bond donors (Lipinski definition) is 1. The molecule has 2 aromatic heterocycles. The molecule has 0 bridgehead atoms. The summed E-state index contributed by atoms with van der Waals surface area (Å²) in [5, 5.41) is 17.8. The van der Waals surface area contributed by atoms with E-state index >= 15 is 0 Å². The van der Waals surface area contributed by atoms with Crippen LogP contribution in [-0.4, -0.2) is 38.8 Å². The zero-order chi connectivity index (χ0) is 12.6. The van der Waals surface area contributed by atoms with E-state index in [0.29, 0.717) is 24.8 Å². The molecule has 1 saturated heterocycles. The fourth-order valence-corrected chi connectivity index (χ4v) is 2.83. The van der Waals surface area contributed by atoms with Gasteiger partial charge in [0.2, 0.25) is 0 Å². The van der Waals surface area contributed by atoms with Crippen molar-refractivity contribution in [2.24, 2.45) is 0 Å². The lowest BCUT2D eigenvalue weighted by Crippen LogP contribution is -2.29. The van der Waals surface area contributed by atoms with Gasteiger partial charge >= 0.3 is 0 Å². The lowest BCUT2D eigenvalue weighted by molar-refractivity contribution is 0.0675. The number of hydrogen-bond acceptors (Lipinski definition) is 6. The molecule has 3 heterocycles. The number of β-amino-alcohol motifs (C(OH)–C–C–N with tert-alkyl or cyclic N) is 1. The Morgan fingerprint density at radius 3 is 3.17 bits per heavy atom. The van der Waals surface area contributed by atoms with E-state index in [2.05, 4.69) is 15.0 Å². The van der Waals surface area contributed by atoms with Crippen molar-refractivity contribution in [3.05, 3.63) is 22.7 Å². The molecule has 0 saturated carbocycles. The zero-order valence-electron chi connectivity index (χ0n) is 10.2. The van der Waals surface area contributed by atoms with Crippen molar-refractivity contribution in [1.82, 2.24) is 15.0 Å². The molecule has 0 radical (unpaired) electrons. The number of thiophene rings is 1. The van der Waals surface area contributed by atoms with E-state index in [9.17, 15) is 5.11 Å². The molecule has 0 amide bonds. The van der Waals surface area contributed by atoms with Crippen LogP contribution in [0.4, 0.5) is 0 Å². The molecule has 0 spiro atoms. The minimum Gasteiger partial charge on any atom is -0.389 e. The number of aliphatic hydroxyl groups is 1. The van der Waals surface area contributed by atoms with E-state index in [1.165, 1.54) is 0 Å². The Morgan fingerprint density at radius 2 is 2.50 bits per heavy atom. The van der Waals surface area contributed by atoms with Crippen molar-refractivity contribution in [2.75, 3.05) is 13.1 Å². The molecule has 3 rings (SSSR count). The summed E-state index contributed by atoms with van der Waals surface area (Å²) in [5.74, 6) is 1.24. The van der Waals surface area contributed by atoms with Gasteiger partial charge in [-0.05, 0) is 24.8 Å². The number of aromatic nitrogens is 2. The Labute approximate surface area is 109 Å². The normalized spacial score (nSPS) is 24.8. The van der Waals surface area contributed by atoms with Crippen LogP contribution < -0.4 is 0 Å². The second kappa shape index (κ2) is 4.46. The summed E-state index contributed by atoms with van der Waals surface area (Å²) in [7, 11) is 0. The maximum Gasteiger partial charge on any atom is 0.258 e. The van der Waals surface area contributed by atoms with Crippen molar-refractivity contribution in [3.8, 4) is 11.5 Å². The molecule has 1 unspecified atom stereocenters. The first-order valence-corrected chi connectivity index (χ1v) is 6.87. The van der Waals surface area contributed by atoms with Crippen LogP contribution in [-0.2, 0) is 6.54 Å². The topological polar surface area (TPSA) is 62.4 Å². The maximum atomic E-state index is 9.89. The van der Waals surface area contributed by atoms with Crippen LogP contribution in [0.3, 0.4) is 0 Å². The van der Waals surface area contributed by atoms with Gasteiger partial charge in [-0.15, -0.1) is 0 Å². The maximum absolute atomic E-state index is 9.89. The third kappa shape index (κ3) is 2.45. The molecule has 0 aromatic carbocycles. The summed E-state index contributed by atoms with van der Waals surface area (Å²) in [4.78, 5) is 6.51. The Balaban J connectivity index is 1.68. The molecule has 1 aliphatic heterocycles. The third-order valence-corrected chi connectivity index (χ3v) is 3.82. The van der Waals surface area contributed by atoms with Crippen LogP contribution in [0.1, 0.15) is 19.2 Å². The zero-order valence-corrected chi connectivity index (χ0v) is 11.0. The van der Waals surface area contributed by atoms with E-state index in [1.54, 1.807) is 11.3 Å². The van der Waals surface area contributed by atoms with Gasteiger partial charge in [-0.3, -0.25) is 4.90 Å². The molecule has 1 atom stereocenters. The van der Waals surface area contributed by atoms with Crippen LogP contribution in [0.5, 0.6) is 0 Å². The second-order valence-corrected chi connectivity index (χ2v) is 5.77. The first kappa shape index (κ1) is 11.8. The molecule has 6 heteroatoms. The average Bonchev–Trinajstić information content (AvgIpc) is 2.99. The predicted octanol–water partition coefficient (Wildman–Crippen LogP) is 1.75. The molecular formula is C12H15N3O2S. The molecule has 1 N–H and O–H groups in total. The minimum absolute atomic E-state index is 0.567. The van der Waals surface area contributed by atoms with E-state index in [-0.39, 0.29) is 0 Å². The van der Waals surface area contributed by atoms with Crippen LogP contribution in [0.15, 0.2) is 21.3 Å². The SMILES string of the molecule is CC1(O)CCN(Cc2noc(-c3ccsc3)n2)C1. The Morgan fingerprint density at radius 1 is 1.61 bits per heavy atom. The summed E-state index contributed by atoms with van der Waals surface area (Å²) in [6.07, 6.45) is 0.794. The van der Waals surface area contributed by atoms with Crippen molar-refractivity contribution in [2.45, 2.75) is 25.5 Å². The molecule has 18 heavy (non-hydrogen) atoms. The summed E-state index contributed by atoms with van der Waals surface area (Å²) >= 11 is 1.61. The van der Waals surface area contributed by atoms with E-state index < -0.39 is 5.60 Å². The van der Waals surface area contributed by atoms with Gasteiger partial charge in [0.1, 0.15) is 0 Å². The van der Waals surface area contributed by atoms with Gasteiger partial charge in [0.05, 0.1) is 17.7 Å². The lowest BCUT2D eigenvalue weighted by atomic mass is 10.1. The molecule has 1 fully saturated rings. The van der Waals surface area contributed by atoms with Crippen molar-refractivity contribution in [3.63, 3.8) is 0 Å². The summed E-state index contributed by atoms with van der Waals surface area (Å²) in [6.45, 7) is 4.02. The number of nitrogens with zero attached hydrogens (tertiary/aromatic N) is 3. The smallest absolute Gasteiger partial charge is 0.258 e. The van der Waals surface area contributed by atoms with Gasteiger partial charge in [0.25, 0.3) is 5.89 Å². The van der Waals surface area contributed by atoms with Crippen molar-refractivity contribution < 1.29 is 9.63 Å². The molecule has 1 aliphatic rings. The molecule has 96 valence electrons. The van der Waals surface area contributed by atoms with E-state index in [4.69, 9.17) is 4.52 Å². The highest BCUT2D eigenvalue weighted by atomic mass is 32.1. The van der Waals surface area contributed by atoms with Crippen LogP contribution in [0.25, 0.3) is 11.5 Å². The largest absolute Gasteiger partial charge is 0.389 e. The van der Waals surface area contributed by atoms with Crippen molar-refractivity contribution in [1.29, 1.82) is 0 Å². The fraction of sp³-hybridized carbons (Fsp3) is 0.500. The van der Waals surface area contributed by atoms with E-state index in [1.807, 2.05) is 23.8 Å². The van der Waals surface area contributed by atoms with Gasteiger partial charge in [-0.2, -0.15) is 16.3 Å². The molecule has 0 aliphatic carbocycles. The summed E-state index contributed by atoms with van der Waals surface area (Å²) in [6, 6.07) is 1.96. The van der Waals surface area contributed by atoms with Crippen molar-refractivity contribution >= 4 is 11.3 Å². The number of likely N-dealkylation sites (tertiary alicyclic amines) is 1. The fourth-order valence-electron chi connectivity index (χ4n) is 2.20. The highest BCUT2D eigenvalue weighted by Crippen LogP contribution is 2.23. The second-order valence-electron chi connectivity index (χ2n) is 4.99. The van der Waals surface area contributed by atoms with Crippen LogP contribution in [0.2, 0.25) is 0 Å². The van der Waals surface area contributed by atoms with Gasteiger partial charge in [-0.1, -0.05) is 5.16 Å². The average molecular weight is 265 g/mol. The highest BCUT2D eigenvalue weighted by molar-refractivity contribution is 7.08. The molecular weight excluding hydrogens is 250 g/mol. The Kier molecular flexibility index (Phi) is 2.93. The lowest BCUT2D eigenvalue weighted by Gasteiger charge is -2.16. The predicted molar refractivity (Wildman–Crippen MR) is 68.1 cm³/mol. The molecule has 2 aromatic rings.